The number of rotatable bonds is 3. The molecule has 0 saturated heterocycles. The number of hydrogen-bond acceptors (Lipinski definition) is 3. The summed E-state index contributed by atoms with van der Waals surface area (Å²) in [5, 5.41) is 3.44. The molecule has 0 unspecified atom stereocenters. The highest BCUT2D eigenvalue weighted by Gasteiger charge is 2.30. The van der Waals surface area contributed by atoms with Crippen LogP contribution in [0.2, 0.25) is 5.02 Å². The highest BCUT2D eigenvalue weighted by atomic mass is 35.5. The molecule has 20 heavy (non-hydrogen) atoms. The molecule has 1 N–H and O–H groups in total. The number of benzene rings is 1. The second-order valence-corrected chi connectivity index (χ2v) is 5.43. The number of nitrogens with zero attached hydrogens (tertiary/aromatic N) is 1. The number of hydrogen-bond donors (Lipinski definition) is 1. The first kappa shape index (κ1) is 13.2. The molecular weight excluding hydrogens is 276 g/mol. The van der Waals surface area contributed by atoms with E-state index in [1.54, 1.807) is 31.4 Å². The maximum Gasteiger partial charge on any atom is 0.275 e. The lowest BCUT2D eigenvalue weighted by atomic mass is 9.84. The van der Waals surface area contributed by atoms with E-state index in [4.69, 9.17) is 16.3 Å². The Balaban J connectivity index is 1.93. The van der Waals surface area contributed by atoms with E-state index in [0.717, 1.165) is 24.2 Å². The second kappa shape index (κ2) is 5.29. The zero-order valence-electron chi connectivity index (χ0n) is 11.1. The topological polar surface area (TPSA) is 50.7 Å². The summed E-state index contributed by atoms with van der Waals surface area (Å²) in [6, 6.07) is 5.29. The molecule has 4 nitrogen and oxygen atoms in total. The summed E-state index contributed by atoms with van der Waals surface area (Å²) in [4.78, 5) is 16.4. The number of amides is 1. The number of ether oxygens (including phenoxy) is 1. The van der Waals surface area contributed by atoms with Crippen molar-refractivity contribution >= 4 is 29.4 Å². The summed E-state index contributed by atoms with van der Waals surface area (Å²) in [5.74, 6) is 1.72. The summed E-state index contributed by atoms with van der Waals surface area (Å²) in [6.07, 6.45) is 5.13. The predicted octanol–water partition coefficient (Wildman–Crippen LogP) is 3.02. The lowest BCUT2D eigenvalue weighted by molar-refractivity contribution is -0.115. The van der Waals surface area contributed by atoms with Gasteiger partial charge in [0.25, 0.3) is 5.91 Å². The van der Waals surface area contributed by atoms with E-state index in [0.29, 0.717) is 22.4 Å². The van der Waals surface area contributed by atoms with Gasteiger partial charge < -0.3 is 10.1 Å². The summed E-state index contributed by atoms with van der Waals surface area (Å²) in [5.41, 5.74) is 1.16. The van der Waals surface area contributed by atoms with Gasteiger partial charge in [-0.2, -0.15) is 0 Å². The van der Waals surface area contributed by atoms with E-state index in [9.17, 15) is 4.79 Å². The molecular formula is C15H15ClN2O2. The van der Waals surface area contributed by atoms with Crippen molar-refractivity contribution in [1.82, 2.24) is 5.32 Å². The first-order chi connectivity index (χ1) is 9.67. The number of amidine groups is 1. The van der Waals surface area contributed by atoms with E-state index in [-0.39, 0.29) is 5.91 Å². The van der Waals surface area contributed by atoms with Crippen LogP contribution < -0.4 is 10.1 Å². The maximum atomic E-state index is 12.0. The smallest absolute Gasteiger partial charge is 0.275 e. The number of aliphatic imine (C=N–C) groups is 1. The van der Waals surface area contributed by atoms with E-state index < -0.39 is 0 Å². The minimum absolute atomic E-state index is 0.158. The van der Waals surface area contributed by atoms with Crippen molar-refractivity contribution in [3.05, 3.63) is 34.5 Å². The van der Waals surface area contributed by atoms with Crippen LogP contribution in [0.15, 0.2) is 28.9 Å². The minimum atomic E-state index is -0.158. The number of carbonyl (C=O) groups is 1. The molecule has 1 aliphatic heterocycles. The van der Waals surface area contributed by atoms with Gasteiger partial charge in [-0.1, -0.05) is 18.0 Å². The molecule has 104 valence electrons. The Hall–Kier alpha value is -1.81. The van der Waals surface area contributed by atoms with Crippen molar-refractivity contribution < 1.29 is 9.53 Å². The molecule has 2 aliphatic rings. The highest BCUT2D eigenvalue weighted by Crippen LogP contribution is 2.30. The average molecular weight is 291 g/mol. The van der Waals surface area contributed by atoms with Crippen molar-refractivity contribution in [2.24, 2.45) is 10.9 Å². The molecule has 1 aromatic carbocycles. The monoisotopic (exact) mass is 290 g/mol. The first-order valence-electron chi connectivity index (χ1n) is 6.62. The zero-order valence-corrected chi connectivity index (χ0v) is 11.9. The van der Waals surface area contributed by atoms with E-state index in [1.807, 2.05) is 0 Å². The fourth-order valence-electron chi connectivity index (χ4n) is 2.33. The Morgan fingerprint density at radius 2 is 2.25 bits per heavy atom. The van der Waals surface area contributed by atoms with Crippen molar-refractivity contribution in [1.29, 1.82) is 0 Å². The van der Waals surface area contributed by atoms with Gasteiger partial charge in [-0.15, -0.1) is 0 Å². The van der Waals surface area contributed by atoms with Gasteiger partial charge >= 0.3 is 0 Å². The molecule has 1 aliphatic carbocycles. The molecule has 5 heteroatoms. The van der Waals surface area contributed by atoms with Crippen molar-refractivity contribution in [2.45, 2.75) is 19.3 Å². The van der Waals surface area contributed by atoms with Gasteiger partial charge in [0.1, 0.15) is 17.3 Å². The Bertz CT molecular complexity index is 618. The molecule has 0 bridgehead atoms. The Morgan fingerprint density at radius 1 is 1.45 bits per heavy atom. The van der Waals surface area contributed by atoms with Crippen molar-refractivity contribution in [2.75, 3.05) is 7.11 Å². The van der Waals surface area contributed by atoms with Crippen LogP contribution in [0.4, 0.5) is 0 Å². The Morgan fingerprint density at radius 3 is 2.90 bits per heavy atom. The molecule has 0 spiro atoms. The normalized spacial score (nSPS) is 20.6. The largest absolute Gasteiger partial charge is 0.496 e. The molecule has 0 atom stereocenters. The van der Waals surface area contributed by atoms with Gasteiger partial charge in [0.15, 0.2) is 0 Å². The summed E-state index contributed by atoms with van der Waals surface area (Å²) in [7, 11) is 1.59. The standard InChI is InChI=1S/C15H15ClN2O2/c1-20-13-6-5-11(16)7-10(13)8-12-15(19)18-14(17-12)9-3-2-4-9/h5-9H,2-4H2,1H3,(H,17,18,19)/b12-8+. The second-order valence-electron chi connectivity index (χ2n) is 4.99. The fraction of sp³-hybridized carbons (Fsp3) is 0.333. The molecule has 1 aromatic rings. The van der Waals surface area contributed by atoms with Crippen molar-refractivity contribution in [3.8, 4) is 5.75 Å². The van der Waals surface area contributed by atoms with E-state index in [1.165, 1.54) is 6.42 Å². The summed E-state index contributed by atoms with van der Waals surface area (Å²) >= 11 is 5.99. The minimum Gasteiger partial charge on any atom is -0.496 e. The lowest BCUT2D eigenvalue weighted by Crippen LogP contribution is -2.33. The Kier molecular flexibility index (Phi) is 3.49. The highest BCUT2D eigenvalue weighted by molar-refractivity contribution is 6.30. The van der Waals surface area contributed by atoms with Gasteiger partial charge in [-0.05, 0) is 37.1 Å². The molecule has 1 heterocycles. The Labute approximate surface area is 122 Å². The van der Waals surface area contributed by atoms with Crippen LogP contribution in [0, 0.1) is 5.92 Å². The summed E-state index contributed by atoms with van der Waals surface area (Å²) in [6.45, 7) is 0. The fourth-order valence-corrected chi connectivity index (χ4v) is 2.51. The third-order valence-corrected chi connectivity index (χ3v) is 3.93. The molecule has 1 saturated carbocycles. The van der Waals surface area contributed by atoms with Gasteiger partial charge in [0, 0.05) is 16.5 Å². The molecule has 0 aromatic heterocycles. The van der Waals surface area contributed by atoms with Crippen LogP contribution in [0.1, 0.15) is 24.8 Å². The van der Waals surface area contributed by atoms with Gasteiger partial charge in [0.2, 0.25) is 0 Å². The van der Waals surface area contributed by atoms with E-state index >= 15 is 0 Å². The van der Waals surface area contributed by atoms with Crippen LogP contribution in [0.25, 0.3) is 6.08 Å². The molecule has 1 fully saturated rings. The van der Waals surface area contributed by atoms with Crippen molar-refractivity contribution in [3.63, 3.8) is 0 Å². The lowest BCUT2D eigenvalue weighted by Gasteiger charge is -2.24. The van der Waals surface area contributed by atoms with Crippen LogP contribution in [-0.2, 0) is 4.79 Å². The first-order valence-corrected chi connectivity index (χ1v) is 7.00. The third-order valence-electron chi connectivity index (χ3n) is 3.69. The van der Waals surface area contributed by atoms with Crippen LogP contribution >= 0.6 is 11.6 Å². The molecule has 0 radical (unpaired) electrons. The quantitative estimate of drug-likeness (QED) is 0.870. The van der Waals surface area contributed by atoms with Gasteiger partial charge in [-0.3, -0.25) is 4.79 Å². The summed E-state index contributed by atoms with van der Waals surface area (Å²) < 4.78 is 5.27. The van der Waals surface area contributed by atoms with E-state index in [2.05, 4.69) is 10.3 Å². The number of carbonyl (C=O) groups excluding carboxylic acids is 1. The van der Waals surface area contributed by atoms with Crippen LogP contribution in [-0.4, -0.2) is 18.9 Å². The SMILES string of the molecule is COc1ccc(Cl)cc1/C=C1/N=C(C2CCC2)NC1=O. The van der Waals surface area contributed by atoms with Gasteiger partial charge in [0.05, 0.1) is 7.11 Å². The zero-order chi connectivity index (χ0) is 14.1. The number of methoxy groups -OCH3 is 1. The third kappa shape index (κ3) is 2.43. The van der Waals surface area contributed by atoms with Crippen LogP contribution in [0.5, 0.6) is 5.75 Å². The van der Waals surface area contributed by atoms with Crippen LogP contribution in [0.3, 0.4) is 0 Å². The average Bonchev–Trinajstić information content (AvgIpc) is 2.68. The predicted molar refractivity (Wildman–Crippen MR) is 78.9 cm³/mol. The maximum absolute atomic E-state index is 12.0. The molecule has 3 rings (SSSR count). The molecule has 1 amide bonds. The van der Waals surface area contributed by atoms with Gasteiger partial charge in [-0.25, -0.2) is 4.99 Å². The number of halogens is 1. The number of nitrogens with one attached hydrogen (secondary N) is 1.